The summed E-state index contributed by atoms with van der Waals surface area (Å²) in [6.07, 6.45) is 0. The minimum Gasteiger partial charge on any atom is -0.311 e. The van der Waals surface area contributed by atoms with E-state index in [4.69, 9.17) is 0 Å². The van der Waals surface area contributed by atoms with Crippen LogP contribution in [0.15, 0.2) is 22.7 Å². The van der Waals surface area contributed by atoms with Crippen molar-refractivity contribution in [2.45, 2.75) is 39.8 Å². The Bertz CT molecular complexity index is 383. The number of hydrogen-bond donors (Lipinski definition) is 1. The van der Waals surface area contributed by atoms with Gasteiger partial charge in [-0.25, -0.2) is 0 Å². The van der Waals surface area contributed by atoms with Crippen molar-refractivity contribution in [3.05, 3.63) is 33.8 Å². The molecule has 0 atom stereocenters. The van der Waals surface area contributed by atoms with E-state index in [-0.39, 0.29) is 5.54 Å². The van der Waals surface area contributed by atoms with Gasteiger partial charge in [0, 0.05) is 29.6 Å². The van der Waals surface area contributed by atoms with Crippen molar-refractivity contribution < 1.29 is 0 Å². The zero-order valence-corrected chi connectivity index (χ0v) is 13.8. The number of benzene rings is 1. The Morgan fingerprint density at radius 1 is 1.28 bits per heavy atom. The molecule has 1 aromatic rings. The summed E-state index contributed by atoms with van der Waals surface area (Å²) in [5.74, 6) is 0. The summed E-state index contributed by atoms with van der Waals surface area (Å²) in [6.45, 7) is 11.8. The van der Waals surface area contributed by atoms with E-state index in [0.29, 0.717) is 0 Å². The minimum absolute atomic E-state index is 0.199. The van der Waals surface area contributed by atoms with E-state index >= 15 is 0 Å². The zero-order valence-electron chi connectivity index (χ0n) is 12.2. The molecule has 1 aromatic carbocycles. The molecule has 0 aliphatic rings. The molecule has 2 nitrogen and oxygen atoms in total. The Morgan fingerprint density at radius 2 is 1.94 bits per heavy atom. The number of nitrogens with one attached hydrogen (secondary N) is 1. The van der Waals surface area contributed by atoms with Crippen LogP contribution in [0.5, 0.6) is 0 Å². The van der Waals surface area contributed by atoms with Gasteiger partial charge in [0.05, 0.1) is 0 Å². The SMILES string of the molecule is Cc1cccc(CN(C)CCNC(C)(C)C)c1Br. The minimum atomic E-state index is 0.199. The fourth-order valence-electron chi connectivity index (χ4n) is 1.82. The van der Waals surface area contributed by atoms with Gasteiger partial charge in [0.1, 0.15) is 0 Å². The van der Waals surface area contributed by atoms with Crippen LogP contribution in [-0.2, 0) is 6.54 Å². The van der Waals surface area contributed by atoms with Crippen molar-refractivity contribution in [3.8, 4) is 0 Å². The lowest BCUT2D eigenvalue weighted by Gasteiger charge is -2.24. The monoisotopic (exact) mass is 312 g/mol. The lowest BCUT2D eigenvalue weighted by atomic mass is 10.1. The predicted molar refractivity (Wildman–Crippen MR) is 83.0 cm³/mol. The van der Waals surface area contributed by atoms with Crippen LogP contribution in [0.1, 0.15) is 31.9 Å². The summed E-state index contributed by atoms with van der Waals surface area (Å²) in [5, 5.41) is 3.51. The van der Waals surface area contributed by atoms with Gasteiger partial charge in [-0.15, -0.1) is 0 Å². The maximum atomic E-state index is 3.67. The largest absolute Gasteiger partial charge is 0.311 e. The highest BCUT2D eigenvalue weighted by molar-refractivity contribution is 9.10. The molecule has 1 N–H and O–H groups in total. The molecular weight excluding hydrogens is 288 g/mol. The topological polar surface area (TPSA) is 15.3 Å². The Morgan fingerprint density at radius 3 is 2.56 bits per heavy atom. The Balaban J connectivity index is 2.45. The standard InChI is InChI=1S/C15H25BrN2/c1-12-7-6-8-13(14(12)16)11-18(5)10-9-17-15(2,3)4/h6-8,17H,9-11H2,1-5H3. The first kappa shape index (κ1) is 15.7. The van der Waals surface area contributed by atoms with Gasteiger partial charge < -0.3 is 10.2 Å². The number of nitrogens with zero attached hydrogens (tertiary/aromatic N) is 1. The molecule has 0 fully saturated rings. The van der Waals surface area contributed by atoms with E-state index in [2.05, 4.69) is 79.1 Å². The summed E-state index contributed by atoms with van der Waals surface area (Å²) in [7, 11) is 2.17. The fourth-order valence-corrected chi connectivity index (χ4v) is 2.21. The fraction of sp³-hybridized carbons (Fsp3) is 0.600. The quantitative estimate of drug-likeness (QED) is 0.894. The van der Waals surface area contributed by atoms with Gasteiger partial charge in [0.15, 0.2) is 0 Å². The lowest BCUT2D eigenvalue weighted by Crippen LogP contribution is -2.40. The Labute approximate surface area is 120 Å². The number of halogens is 1. The van der Waals surface area contributed by atoms with Crippen LogP contribution in [0.25, 0.3) is 0 Å². The van der Waals surface area contributed by atoms with Gasteiger partial charge in [-0.05, 0) is 45.9 Å². The van der Waals surface area contributed by atoms with Crippen molar-refractivity contribution >= 4 is 15.9 Å². The second kappa shape index (κ2) is 6.69. The molecule has 0 aliphatic carbocycles. The third-order valence-electron chi connectivity index (χ3n) is 2.86. The maximum absolute atomic E-state index is 3.67. The Kier molecular flexibility index (Phi) is 5.83. The second-order valence-corrected chi connectivity index (χ2v) is 6.76. The highest BCUT2D eigenvalue weighted by Crippen LogP contribution is 2.21. The Hall–Kier alpha value is -0.380. The van der Waals surface area contributed by atoms with Crippen LogP contribution in [0.3, 0.4) is 0 Å². The van der Waals surface area contributed by atoms with E-state index in [1.165, 1.54) is 15.6 Å². The van der Waals surface area contributed by atoms with Gasteiger partial charge in [-0.1, -0.05) is 34.1 Å². The van der Waals surface area contributed by atoms with Crippen LogP contribution in [-0.4, -0.2) is 30.6 Å². The highest BCUT2D eigenvalue weighted by atomic mass is 79.9. The third kappa shape index (κ3) is 5.51. The molecule has 3 heteroatoms. The summed E-state index contributed by atoms with van der Waals surface area (Å²) >= 11 is 3.67. The molecule has 0 saturated heterocycles. The summed E-state index contributed by atoms with van der Waals surface area (Å²) in [5.41, 5.74) is 2.85. The van der Waals surface area contributed by atoms with Gasteiger partial charge >= 0.3 is 0 Å². The van der Waals surface area contributed by atoms with Gasteiger partial charge in [0.2, 0.25) is 0 Å². The van der Waals surface area contributed by atoms with Gasteiger partial charge in [0.25, 0.3) is 0 Å². The van der Waals surface area contributed by atoms with Crippen molar-refractivity contribution in [1.82, 2.24) is 10.2 Å². The molecule has 1 rings (SSSR count). The molecule has 0 radical (unpaired) electrons. The van der Waals surface area contributed by atoms with Gasteiger partial charge in [-0.2, -0.15) is 0 Å². The smallest absolute Gasteiger partial charge is 0.0249 e. The van der Waals surface area contributed by atoms with Crippen molar-refractivity contribution in [3.63, 3.8) is 0 Å². The maximum Gasteiger partial charge on any atom is 0.0249 e. The predicted octanol–water partition coefficient (Wildman–Crippen LogP) is 3.58. The molecule has 0 unspecified atom stereocenters. The third-order valence-corrected chi connectivity index (χ3v) is 4.00. The summed E-state index contributed by atoms with van der Waals surface area (Å²) in [6, 6.07) is 6.44. The van der Waals surface area contributed by atoms with Crippen molar-refractivity contribution in [2.24, 2.45) is 0 Å². The molecule has 0 amide bonds. The molecule has 102 valence electrons. The van der Waals surface area contributed by atoms with Crippen molar-refractivity contribution in [2.75, 3.05) is 20.1 Å². The molecule has 0 saturated carbocycles. The lowest BCUT2D eigenvalue weighted by molar-refractivity contribution is 0.303. The number of hydrogen-bond acceptors (Lipinski definition) is 2. The average Bonchev–Trinajstić information content (AvgIpc) is 2.23. The van der Waals surface area contributed by atoms with Crippen LogP contribution in [0.4, 0.5) is 0 Å². The van der Waals surface area contributed by atoms with Crippen LogP contribution >= 0.6 is 15.9 Å². The number of likely N-dealkylation sites (N-methyl/N-ethyl adjacent to an activating group) is 1. The molecule has 0 spiro atoms. The van der Waals surface area contributed by atoms with Crippen LogP contribution in [0.2, 0.25) is 0 Å². The highest BCUT2D eigenvalue weighted by Gasteiger charge is 2.09. The van der Waals surface area contributed by atoms with E-state index in [9.17, 15) is 0 Å². The van der Waals surface area contributed by atoms with Gasteiger partial charge in [-0.3, -0.25) is 0 Å². The average molecular weight is 313 g/mol. The summed E-state index contributed by atoms with van der Waals surface area (Å²) in [4.78, 5) is 2.35. The van der Waals surface area contributed by atoms with Crippen molar-refractivity contribution in [1.29, 1.82) is 0 Å². The van der Waals surface area contributed by atoms with E-state index < -0.39 is 0 Å². The first-order valence-electron chi connectivity index (χ1n) is 6.47. The first-order valence-corrected chi connectivity index (χ1v) is 7.26. The molecule has 18 heavy (non-hydrogen) atoms. The van der Waals surface area contributed by atoms with Crippen LogP contribution in [0, 0.1) is 6.92 Å². The molecular formula is C15H25BrN2. The number of aryl methyl sites for hydroxylation is 1. The second-order valence-electron chi connectivity index (χ2n) is 5.96. The zero-order chi connectivity index (χ0) is 13.8. The van der Waals surface area contributed by atoms with Crippen LogP contribution < -0.4 is 5.32 Å². The first-order chi connectivity index (χ1) is 8.29. The van der Waals surface area contributed by atoms with E-state index in [0.717, 1.165) is 19.6 Å². The van der Waals surface area contributed by atoms with E-state index in [1.807, 2.05) is 0 Å². The molecule has 0 heterocycles. The molecule has 0 bridgehead atoms. The molecule has 0 aromatic heterocycles. The van der Waals surface area contributed by atoms with E-state index in [1.54, 1.807) is 0 Å². The molecule has 0 aliphatic heterocycles. The summed E-state index contributed by atoms with van der Waals surface area (Å²) < 4.78 is 1.24. The number of rotatable bonds is 5. The normalized spacial score (nSPS) is 12.2.